The molecule has 22 heavy (non-hydrogen) atoms. The Morgan fingerprint density at radius 1 is 1.23 bits per heavy atom. The molecule has 0 aromatic carbocycles. The molecule has 1 saturated heterocycles. The smallest absolute Gasteiger partial charge is 0.407 e. The molecule has 0 unspecified atom stereocenters. The molecule has 10 heteroatoms. The number of hydrogen-bond acceptors (Lipinski definition) is 4. The molecule has 0 aromatic rings. The van der Waals surface area contributed by atoms with E-state index in [1.165, 1.54) is 0 Å². The number of amides is 1. The second-order valence-corrected chi connectivity index (χ2v) is 8.16. The molecule has 1 rings (SSSR count). The maximum absolute atomic E-state index is 12.2. The van der Waals surface area contributed by atoms with Crippen LogP contribution in [0, 0.1) is 0 Å². The van der Waals surface area contributed by atoms with Crippen molar-refractivity contribution in [3.8, 4) is 0 Å². The summed E-state index contributed by atoms with van der Waals surface area (Å²) in [4.78, 5) is 11.6. The van der Waals surface area contributed by atoms with E-state index in [4.69, 9.17) is 4.74 Å². The van der Waals surface area contributed by atoms with Crippen LogP contribution < -0.4 is 5.32 Å². The Bertz CT molecular complexity index is 491. The number of alkyl halides is 3. The van der Waals surface area contributed by atoms with Crippen LogP contribution in [0.5, 0.6) is 0 Å². The second-order valence-electron chi connectivity index (χ2n) is 6.19. The van der Waals surface area contributed by atoms with E-state index in [0.29, 0.717) is 0 Å². The quantitative estimate of drug-likeness (QED) is 0.846. The average molecular weight is 346 g/mol. The number of carbonyl (C=O) groups excluding carboxylic acids is 1. The van der Waals surface area contributed by atoms with Gasteiger partial charge in [-0.3, -0.25) is 0 Å². The highest BCUT2D eigenvalue weighted by molar-refractivity contribution is 7.89. The van der Waals surface area contributed by atoms with Gasteiger partial charge in [0.25, 0.3) is 0 Å². The predicted octanol–water partition coefficient (Wildman–Crippen LogP) is 1.87. The third-order valence-electron chi connectivity index (χ3n) is 2.91. The highest BCUT2D eigenvalue weighted by Gasteiger charge is 2.39. The molecule has 0 bridgehead atoms. The molecule has 0 radical (unpaired) electrons. The van der Waals surface area contributed by atoms with Crippen LogP contribution in [0.15, 0.2) is 0 Å². The van der Waals surface area contributed by atoms with Gasteiger partial charge in [0.2, 0.25) is 10.0 Å². The van der Waals surface area contributed by atoms with Gasteiger partial charge in [-0.05, 0) is 33.6 Å². The highest BCUT2D eigenvalue weighted by Crippen LogP contribution is 2.22. The molecule has 1 N–H and O–H groups in total. The third kappa shape index (κ3) is 6.82. The van der Waals surface area contributed by atoms with Crippen LogP contribution in [-0.2, 0) is 14.8 Å². The van der Waals surface area contributed by atoms with Gasteiger partial charge in [-0.25, -0.2) is 17.5 Å². The number of halogens is 3. The van der Waals surface area contributed by atoms with Crippen molar-refractivity contribution in [2.24, 2.45) is 0 Å². The van der Waals surface area contributed by atoms with E-state index in [9.17, 15) is 26.4 Å². The molecular formula is C12H21F3N2O4S. The van der Waals surface area contributed by atoms with Crippen molar-refractivity contribution in [3.63, 3.8) is 0 Å². The number of carbonyl (C=O) groups is 1. The second kappa shape index (κ2) is 6.61. The van der Waals surface area contributed by atoms with Gasteiger partial charge in [-0.2, -0.15) is 13.2 Å². The minimum Gasteiger partial charge on any atom is -0.444 e. The molecule has 1 heterocycles. The minimum absolute atomic E-state index is 0.0567. The first-order valence-electron chi connectivity index (χ1n) is 6.83. The van der Waals surface area contributed by atoms with Gasteiger partial charge in [-0.15, -0.1) is 0 Å². The van der Waals surface area contributed by atoms with E-state index in [1.807, 2.05) is 0 Å². The molecule has 0 atom stereocenters. The number of rotatable bonds is 3. The summed E-state index contributed by atoms with van der Waals surface area (Å²) in [5.74, 6) is -1.86. The van der Waals surface area contributed by atoms with Crippen molar-refractivity contribution in [1.82, 2.24) is 9.62 Å². The Hall–Kier alpha value is -1.03. The summed E-state index contributed by atoms with van der Waals surface area (Å²) >= 11 is 0. The molecule has 6 nitrogen and oxygen atoms in total. The van der Waals surface area contributed by atoms with Crippen molar-refractivity contribution in [1.29, 1.82) is 0 Å². The minimum atomic E-state index is -4.76. The third-order valence-corrected chi connectivity index (χ3v) is 4.76. The number of alkyl carbamates (subject to hydrolysis) is 1. The Labute approximate surface area is 128 Å². The maximum atomic E-state index is 12.2. The highest BCUT2D eigenvalue weighted by atomic mass is 32.2. The van der Waals surface area contributed by atoms with Crippen molar-refractivity contribution >= 4 is 16.1 Å². The summed E-state index contributed by atoms with van der Waals surface area (Å²) in [6.45, 7) is 5.01. The van der Waals surface area contributed by atoms with Crippen LogP contribution in [-0.4, -0.2) is 55.5 Å². The van der Waals surface area contributed by atoms with E-state index in [-0.39, 0.29) is 32.0 Å². The zero-order chi connectivity index (χ0) is 17.2. The van der Waals surface area contributed by atoms with Crippen molar-refractivity contribution in [2.75, 3.05) is 18.8 Å². The lowest BCUT2D eigenvalue weighted by atomic mass is 10.1. The van der Waals surface area contributed by atoms with E-state index < -0.39 is 33.6 Å². The molecular weight excluding hydrogens is 325 g/mol. The molecule has 1 amide bonds. The summed E-state index contributed by atoms with van der Waals surface area (Å²) in [7, 11) is -4.36. The first-order chi connectivity index (χ1) is 9.78. The van der Waals surface area contributed by atoms with Gasteiger partial charge >= 0.3 is 12.3 Å². The number of piperidine rings is 1. The van der Waals surface area contributed by atoms with Gasteiger partial charge in [0.05, 0.1) is 0 Å². The van der Waals surface area contributed by atoms with Crippen molar-refractivity contribution in [2.45, 2.75) is 51.4 Å². The molecule has 130 valence electrons. The Morgan fingerprint density at radius 2 is 1.73 bits per heavy atom. The zero-order valence-electron chi connectivity index (χ0n) is 12.7. The van der Waals surface area contributed by atoms with Crippen LogP contribution in [0.2, 0.25) is 0 Å². The lowest BCUT2D eigenvalue weighted by molar-refractivity contribution is -0.107. The summed E-state index contributed by atoms with van der Waals surface area (Å²) in [6.07, 6.45) is -4.89. The van der Waals surface area contributed by atoms with Crippen LogP contribution >= 0.6 is 0 Å². The summed E-state index contributed by atoms with van der Waals surface area (Å²) in [6, 6.07) is -0.313. The summed E-state index contributed by atoms with van der Waals surface area (Å²) in [5.41, 5.74) is -0.652. The van der Waals surface area contributed by atoms with Crippen LogP contribution in [0.1, 0.15) is 33.6 Å². The molecule has 1 aliphatic rings. The molecule has 0 aromatic heterocycles. The van der Waals surface area contributed by atoms with E-state index in [0.717, 1.165) is 4.31 Å². The van der Waals surface area contributed by atoms with Gasteiger partial charge < -0.3 is 10.1 Å². The van der Waals surface area contributed by atoms with Crippen LogP contribution in [0.25, 0.3) is 0 Å². The van der Waals surface area contributed by atoms with Crippen molar-refractivity contribution in [3.05, 3.63) is 0 Å². The van der Waals surface area contributed by atoms with Crippen LogP contribution in [0.4, 0.5) is 18.0 Å². The monoisotopic (exact) mass is 346 g/mol. The summed E-state index contributed by atoms with van der Waals surface area (Å²) < 4.78 is 65.8. The zero-order valence-corrected chi connectivity index (χ0v) is 13.6. The normalized spacial score (nSPS) is 19.0. The van der Waals surface area contributed by atoms with Gasteiger partial charge in [-0.1, -0.05) is 0 Å². The number of sulfonamides is 1. The average Bonchev–Trinajstić information content (AvgIpc) is 2.23. The first-order valence-corrected chi connectivity index (χ1v) is 8.43. The fourth-order valence-corrected chi connectivity index (χ4v) is 3.41. The Kier molecular flexibility index (Phi) is 5.71. The lowest BCUT2D eigenvalue weighted by Gasteiger charge is -2.32. The summed E-state index contributed by atoms with van der Waals surface area (Å²) in [5, 5.41) is 2.59. The fraction of sp³-hybridized carbons (Fsp3) is 0.917. The molecule has 1 aliphatic heterocycles. The lowest BCUT2D eigenvalue weighted by Crippen LogP contribution is -2.49. The van der Waals surface area contributed by atoms with Gasteiger partial charge in [0.15, 0.2) is 5.75 Å². The molecule has 0 spiro atoms. The van der Waals surface area contributed by atoms with Crippen LogP contribution in [0.3, 0.4) is 0 Å². The van der Waals surface area contributed by atoms with E-state index >= 15 is 0 Å². The van der Waals surface area contributed by atoms with E-state index in [1.54, 1.807) is 20.8 Å². The standard InChI is InChI=1S/C12H21F3N2O4S/c1-11(2,3)21-10(18)16-9-4-6-17(7-5-9)22(19,20)8-12(13,14)15/h9H,4-8H2,1-3H3,(H,16,18). The number of ether oxygens (including phenoxy) is 1. The number of nitrogens with one attached hydrogen (secondary N) is 1. The molecule has 0 aliphatic carbocycles. The molecule has 0 saturated carbocycles. The van der Waals surface area contributed by atoms with E-state index in [2.05, 4.69) is 5.32 Å². The maximum Gasteiger partial charge on any atom is 0.407 e. The number of hydrogen-bond donors (Lipinski definition) is 1. The Balaban J connectivity index is 2.48. The molecule has 1 fully saturated rings. The largest absolute Gasteiger partial charge is 0.444 e. The first kappa shape index (κ1) is 19.0. The fourth-order valence-electron chi connectivity index (χ4n) is 2.05. The van der Waals surface area contributed by atoms with Gasteiger partial charge in [0.1, 0.15) is 5.60 Å². The SMILES string of the molecule is CC(C)(C)OC(=O)NC1CCN(S(=O)(=O)CC(F)(F)F)CC1. The Morgan fingerprint density at radius 3 is 2.14 bits per heavy atom. The topological polar surface area (TPSA) is 75.7 Å². The number of nitrogens with zero attached hydrogens (tertiary/aromatic N) is 1. The van der Waals surface area contributed by atoms with Gasteiger partial charge in [0, 0.05) is 19.1 Å². The van der Waals surface area contributed by atoms with Crippen molar-refractivity contribution < 1.29 is 31.1 Å². The predicted molar refractivity (Wildman–Crippen MR) is 73.8 cm³/mol.